The van der Waals surface area contributed by atoms with E-state index >= 15 is 0 Å². The molecule has 0 amide bonds. The number of nitrogens with zero attached hydrogens (tertiary/aromatic N) is 1. The number of methoxy groups -OCH3 is 1. The van der Waals surface area contributed by atoms with Gasteiger partial charge in [-0.3, -0.25) is 0 Å². The number of hydrogen-bond acceptors (Lipinski definition) is 3. The molecule has 3 aliphatic carbocycles. The van der Waals surface area contributed by atoms with Gasteiger partial charge in [-0.1, -0.05) is 107 Å². The van der Waals surface area contributed by atoms with Crippen molar-refractivity contribution in [1.82, 2.24) is 0 Å². The van der Waals surface area contributed by atoms with Gasteiger partial charge >= 0.3 is 0 Å². The summed E-state index contributed by atoms with van der Waals surface area (Å²) < 4.78 is 13.6. The third kappa shape index (κ3) is 4.57. The summed E-state index contributed by atoms with van der Waals surface area (Å²) in [5.41, 5.74) is 12.8. The van der Waals surface area contributed by atoms with Gasteiger partial charge < -0.3 is 14.4 Å². The SMILES string of the molecule is COc1ccc2c(c1)C1OC(c3ccccc3)(c3ccc(N(C)C)cc3)CC=C1C1=C2c2ccccc2C12CC(C)(C)CC(C)(C)C2. The highest BCUT2D eigenvalue weighted by molar-refractivity contribution is 5.96. The first-order valence-electron chi connectivity index (χ1n) is 17.2. The molecule has 1 saturated carbocycles. The van der Waals surface area contributed by atoms with Crippen molar-refractivity contribution in [3.8, 4) is 5.75 Å². The molecule has 0 saturated heterocycles. The summed E-state index contributed by atoms with van der Waals surface area (Å²) in [7, 11) is 5.95. The monoisotopic (exact) mass is 621 g/mol. The lowest BCUT2D eigenvalue weighted by Crippen LogP contribution is -2.46. The lowest BCUT2D eigenvalue weighted by atomic mass is 9.51. The fraction of sp³-hybridized carbons (Fsp3) is 0.364. The van der Waals surface area contributed by atoms with E-state index in [2.05, 4.69) is 150 Å². The van der Waals surface area contributed by atoms with Crippen LogP contribution in [0, 0.1) is 10.8 Å². The molecular weight excluding hydrogens is 574 g/mol. The molecule has 2 unspecified atom stereocenters. The molecule has 0 N–H and O–H groups in total. The zero-order valence-corrected chi connectivity index (χ0v) is 29.0. The van der Waals surface area contributed by atoms with Gasteiger partial charge in [-0.2, -0.15) is 0 Å². The Kier molecular flexibility index (Phi) is 6.74. The number of ether oxygens (including phenoxy) is 2. The van der Waals surface area contributed by atoms with Crippen molar-refractivity contribution in [2.24, 2.45) is 10.8 Å². The number of hydrogen-bond donors (Lipinski definition) is 0. The summed E-state index contributed by atoms with van der Waals surface area (Å²) in [5, 5.41) is 0. The van der Waals surface area contributed by atoms with Crippen molar-refractivity contribution in [2.45, 2.75) is 70.5 Å². The maximum atomic E-state index is 7.75. The average Bonchev–Trinajstić information content (AvgIpc) is 3.32. The predicted molar refractivity (Wildman–Crippen MR) is 193 cm³/mol. The zero-order chi connectivity index (χ0) is 32.8. The molecule has 4 aliphatic rings. The Morgan fingerprint density at radius 2 is 1.38 bits per heavy atom. The molecule has 3 heteroatoms. The van der Waals surface area contributed by atoms with Gasteiger partial charge in [0.05, 0.1) is 7.11 Å². The van der Waals surface area contributed by atoms with Crippen LogP contribution in [-0.4, -0.2) is 21.2 Å². The number of rotatable bonds is 4. The van der Waals surface area contributed by atoms with Gasteiger partial charge in [-0.05, 0) is 104 Å². The smallest absolute Gasteiger partial charge is 0.123 e. The van der Waals surface area contributed by atoms with Crippen LogP contribution < -0.4 is 9.64 Å². The fourth-order valence-electron chi connectivity index (χ4n) is 10.3. The highest BCUT2D eigenvalue weighted by Crippen LogP contribution is 2.68. The molecule has 240 valence electrons. The van der Waals surface area contributed by atoms with Crippen LogP contribution in [0.4, 0.5) is 5.69 Å². The number of anilines is 1. The number of fused-ring (bicyclic) bond motifs is 9. The van der Waals surface area contributed by atoms with Crippen LogP contribution in [-0.2, 0) is 15.8 Å². The minimum absolute atomic E-state index is 0.0810. The van der Waals surface area contributed by atoms with Crippen molar-refractivity contribution in [3.63, 3.8) is 0 Å². The molecule has 3 nitrogen and oxygen atoms in total. The Bertz CT molecular complexity index is 1910. The Balaban J connectivity index is 1.41. The quantitative estimate of drug-likeness (QED) is 0.226. The third-order valence-electron chi connectivity index (χ3n) is 11.4. The second-order valence-corrected chi connectivity index (χ2v) is 16.2. The van der Waals surface area contributed by atoms with Gasteiger partial charge in [-0.25, -0.2) is 0 Å². The minimum atomic E-state index is -0.637. The van der Waals surface area contributed by atoms with E-state index in [4.69, 9.17) is 9.47 Å². The molecule has 0 bridgehead atoms. The molecule has 0 radical (unpaired) electrons. The summed E-state index contributed by atoms with van der Waals surface area (Å²) in [4.78, 5) is 2.15. The van der Waals surface area contributed by atoms with Gasteiger partial charge in [0.25, 0.3) is 0 Å². The van der Waals surface area contributed by atoms with E-state index in [1.165, 1.54) is 62.2 Å². The summed E-state index contributed by atoms with van der Waals surface area (Å²) in [5.74, 6) is 0.864. The molecule has 8 rings (SSSR count). The molecule has 1 fully saturated rings. The zero-order valence-electron chi connectivity index (χ0n) is 29.0. The Morgan fingerprint density at radius 1 is 0.723 bits per heavy atom. The first-order chi connectivity index (χ1) is 22.5. The molecular formula is C44H47NO2. The van der Waals surface area contributed by atoms with E-state index in [1.54, 1.807) is 7.11 Å². The largest absolute Gasteiger partial charge is 0.497 e. The van der Waals surface area contributed by atoms with Crippen LogP contribution in [0.2, 0.25) is 0 Å². The second-order valence-electron chi connectivity index (χ2n) is 16.2. The molecule has 2 atom stereocenters. The van der Waals surface area contributed by atoms with Crippen molar-refractivity contribution < 1.29 is 9.47 Å². The molecule has 1 spiro atoms. The summed E-state index contributed by atoms with van der Waals surface area (Å²) in [6.45, 7) is 9.94. The summed E-state index contributed by atoms with van der Waals surface area (Å²) >= 11 is 0. The highest BCUT2D eigenvalue weighted by Gasteiger charge is 2.58. The lowest BCUT2D eigenvalue weighted by Gasteiger charge is -2.54. The molecule has 47 heavy (non-hydrogen) atoms. The van der Waals surface area contributed by atoms with E-state index in [0.29, 0.717) is 0 Å². The van der Waals surface area contributed by atoms with E-state index < -0.39 is 5.60 Å². The predicted octanol–water partition coefficient (Wildman–Crippen LogP) is 10.4. The molecule has 1 heterocycles. The van der Waals surface area contributed by atoms with E-state index in [9.17, 15) is 0 Å². The first kappa shape index (κ1) is 30.3. The molecule has 4 aromatic rings. The maximum absolute atomic E-state index is 7.75. The van der Waals surface area contributed by atoms with Crippen LogP contribution in [0.25, 0.3) is 5.57 Å². The van der Waals surface area contributed by atoms with Crippen molar-refractivity contribution >= 4 is 11.3 Å². The highest BCUT2D eigenvalue weighted by atomic mass is 16.5. The van der Waals surface area contributed by atoms with Gasteiger partial charge in [-0.15, -0.1) is 0 Å². The van der Waals surface area contributed by atoms with Gasteiger partial charge in [0.1, 0.15) is 17.5 Å². The van der Waals surface area contributed by atoms with Crippen LogP contribution in [0.15, 0.2) is 114 Å². The topological polar surface area (TPSA) is 21.7 Å². The van der Waals surface area contributed by atoms with Crippen LogP contribution in [0.1, 0.15) is 92.9 Å². The van der Waals surface area contributed by atoms with Gasteiger partial charge in [0, 0.05) is 31.6 Å². The minimum Gasteiger partial charge on any atom is -0.497 e. The summed E-state index contributed by atoms with van der Waals surface area (Å²) in [6, 6.07) is 35.7. The molecule has 1 aliphatic heterocycles. The Hall–Kier alpha value is -4.08. The summed E-state index contributed by atoms with van der Waals surface area (Å²) in [6.07, 6.45) is 6.57. The lowest BCUT2D eigenvalue weighted by molar-refractivity contribution is -0.0680. The Labute approximate surface area is 280 Å². The molecule has 0 aromatic heterocycles. The van der Waals surface area contributed by atoms with Crippen LogP contribution in [0.3, 0.4) is 0 Å². The Morgan fingerprint density at radius 3 is 2.06 bits per heavy atom. The molecule has 4 aromatic carbocycles. The third-order valence-corrected chi connectivity index (χ3v) is 11.4. The van der Waals surface area contributed by atoms with Crippen LogP contribution >= 0.6 is 0 Å². The average molecular weight is 622 g/mol. The standard InChI is InChI=1S/C44H47NO2/c1-41(2)26-42(3,4)28-43(27-41)37-16-12-11-15-34(37)38-33-22-21-32(46-7)25-36(33)40-35(39(38)43)23-24-44(47-40,29-13-9-8-10-14-29)30-17-19-31(20-18-30)45(5)6/h8-23,25,40H,24,26-28H2,1-7H3. The fourth-order valence-corrected chi connectivity index (χ4v) is 10.3. The van der Waals surface area contributed by atoms with E-state index in [-0.39, 0.29) is 22.3 Å². The normalized spacial score (nSPS) is 24.5. The van der Waals surface area contributed by atoms with Crippen LogP contribution in [0.5, 0.6) is 5.75 Å². The second kappa shape index (κ2) is 10.5. The van der Waals surface area contributed by atoms with E-state index in [0.717, 1.165) is 25.0 Å². The van der Waals surface area contributed by atoms with E-state index in [1.807, 2.05) is 0 Å². The van der Waals surface area contributed by atoms with Crippen molar-refractivity contribution in [3.05, 3.63) is 148 Å². The number of benzene rings is 4. The van der Waals surface area contributed by atoms with Crippen molar-refractivity contribution in [1.29, 1.82) is 0 Å². The van der Waals surface area contributed by atoms with Gasteiger partial charge in [0.2, 0.25) is 0 Å². The van der Waals surface area contributed by atoms with Gasteiger partial charge in [0.15, 0.2) is 0 Å². The first-order valence-corrected chi connectivity index (χ1v) is 17.2. The van der Waals surface area contributed by atoms with Crippen molar-refractivity contribution in [2.75, 3.05) is 26.1 Å². The maximum Gasteiger partial charge on any atom is 0.123 e.